The number of carbonyl (C=O) groups is 2. The van der Waals surface area contributed by atoms with Gasteiger partial charge in [0.25, 0.3) is 11.8 Å². The van der Waals surface area contributed by atoms with E-state index in [2.05, 4.69) is 15.3 Å². The average molecular weight is 526 g/mol. The van der Waals surface area contributed by atoms with Crippen molar-refractivity contribution in [2.24, 2.45) is 0 Å². The van der Waals surface area contributed by atoms with Gasteiger partial charge in [0, 0.05) is 11.7 Å². The number of rotatable bonds is 7. The van der Waals surface area contributed by atoms with Gasteiger partial charge < -0.3 is 14.8 Å². The molecule has 1 aliphatic heterocycles. The number of amides is 1. The van der Waals surface area contributed by atoms with E-state index in [4.69, 9.17) is 9.47 Å². The highest BCUT2D eigenvalue weighted by molar-refractivity contribution is 7.91. The monoisotopic (exact) mass is 526 g/mol. The number of aldehydes is 1. The molecule has 1 amide bonds. The highest BCUT2D eigenvalue weighted by atomic mass is 32.2. The summed E-state index contributed by atoms with van der Waals surface area (Å²) < 4.78 is 72.7. The van der Waals surface area contributed by atoms with Crippen LogP contribution in [0.3, 0.4) is 0 Å². The molecule has 0 radical (unpaired) electrons. The Balaban J connectivity index is 1.58. The molecule has 0 spiro atoms. The lowest BCUT2D eigenvalue weighted by molar-refractivity contribution is -0.153. The minimum absolute atomic E-state index is 0.0572. The first-order chi connectivity index (χ1) is 16.9. The van der Waals surface area contributed by atoms with Gasteiger partial charge in [-0.3, -0.25) is 14.0 Å². The van der Waals surface area contributed by atoms with E-state index < -0.39 is 34.1 Å². The van der Waals surface area contributed by atoms with Crippen LogP contribution in [0.25, 0.3) is 5.65 Å². The molecule has 10 nitrogen and oxygen atoms in total. The molecule has 0 aliphatic carbocycles. The maximum absolute atomic E-state index is 13.0. The van der Waals surface area contributed by atoms with Crippen LogP contribution in [-0.4, -0.2) is 64.8 Å². The van der Waals surface area contributed by atoms with Crippen LogP contribution in [0, 0.1) is 0 Å². The van der Waals surface area contributed by atoms with Crippen LogP contribution in [0.4, 0.5) is 13.2 Å². The number of halogens is 3. The summed E-state index contributed by atoms with van der Waals surface area (Å²) >= 11 is 0. The van der Waals surface area contributed by atoms with Crippen LogP contribution in [-0.2, 0) is 9.84 Å². The highest BCUT2D eigenvalue weighted by Crippen LogP contribution is 2.31. The third kappa shape index (κ3) is 5.75. The van der Waals surface area contributed by atoms with Gasteiger partial charge in [0.05, 0.1) is 17.7 Å². The van der Waals surface area contributed by atoms with Gasteiger partial charge in [0.2, 0.25) is 0 Å². The topological polar surface area (TPSA) is 129 Å². The summed E-state index contributed by atoms with van der Waals surface area (Å²) in [4.78, 5) is 32.9. The molecule has 1 fully saturated rings. The molecule has 0 bridgehead atoms. The first kappa shape index (κ1) is 25.4. The number of nitrogens with one attached hydrogen (secondary N) is 1. The number of imidazole rings is 1. The minimum Gasteiger partial charge on any atom is -0.478 e. The van der Waals surface area contributed by atoms with Gasteiger partial charge in [-0.25, -0.2) is 18.4 Å². The summed E-state index contributed by atoms with van der Waals surface area (Å²) in [6.07, 6.45) is -1.02. The minimum atomic E-state index is -4.55. The van der Waals surface area contributed by atoms with Crippen molar-refractivity contribution in [3.8, 4) is 17.4 Å². The highest BCUT2D eigenvalue weighted by Gasteiger charge is 2.36. The van der Waals surface area contributed by atoms with Crippen LogP contribution in [0.2, 0.25) is 0 Å². The lowest BCUT2D eigenvalue weighted by Crippen LogP contribution is -2.51. The van der Waals surface area contributed by atoms with E-state index >= 15 is 0 Å². The van der Waals surface area contributed by atoms with Crippen molar-refractivity contribution in [2.75, 3.05) is 18.1 Å². The van der Waals surface area contributed by atoms with Crippen molar-refractivity contribution in [3.63, 3.8) is 0 Å². The number of hydrogen-bond acceptors (Lipinski definition) is 8. The van der Waals surface area contributed by atoms with Crippen molar-refractivity contribution in [3.05, 3.63) is 48.0 Å². The molecule has 1 N–H and O–H groups in total. The Labute approximate surface area is 203 Å². The Hall–Kier alpha value is -3.68. The largest absolute Gasteiger partial charge is 0.478 e. The van der Waals surface area contributed by atoms with Gasteiger partial charge in [0.1, 0.15) is 26.9 Å². The van der Waals surface area contributed by atoms with Gasteiger partial charge in [-0.2, -0.15) is 13.2 Å². The Morgan fingerprint density at radius 1 is 1.25 bits per heavy atom. The number of pyridine rings is 2. The van der Waals surface area contributed by atoms with Gasteiger partial charge in [0.15, 0.2) is 24.3 Å². The quantitative estimate of drug-likeness (QED) is 0.466. The lowest BCUT2D eigenvalue weighted by Gasteiger charge is -2.34. The summed E-state index contributed by atoms with van der Waals surface area (Å²) in [5, 5.41) is 2.79. The fourth-order valence-corrected chi connectivity index (χ4v) is 5.39. The molecular formula is C22H21F3N4O6S. The smallest absolute Gasteiger partial charge is 0.422 e. The molecule has 36 heavy (non-hydrogen) atoms. The van der Waals surface area contributed by atoms with Crippen LogP contribution >= 0.6 is 0 Å². The van der Waals surface area contributed by atoms with Crippen LogP contribution < -0.4 is 14.8 Å². The molecule has 3 aromatic rings. The van der Waals surface area contributed by atoms with Crippen LogP contribution in [0.1, 0.15) is 40.7 Å². The second-order valence-corrected chi connectivity index (χ2v) is 10.8. The molecule has 4 heterocycles. The molecule has 3 aromatic heterocycles. The Kier molecular flexibility index (Phi) is 6.64. The van der Waals surface area contributed by atoms with Gasteiger partial charge in [-0.1, -0.05) is 0 Å². The number of aromatic nitrogens is 3. The number of sulfone groups is 1. The number of carbonyl (C=O) groups excluding carboxylic acids is 2. The molecule has 0 atom stereocenters. The summed E-state index contributed by atoms with van der Waals surface area (Å²) in [5.74, 6) is -1.13. The zero-order chi connectivity index (χ0) is 26.1. The van der Waals surface area contributed by atoms with E-state index in [1.807, 2.05) is 0 Å². The van der Waals surface area contributed by atoms with Crippen molar-refractivity contribution < 1.29 is 40.7 Å². The summed E-state index contributed by atoms with van der Waals surface area (Å²) in [7, 11) is -3.14. The first-order valence-electron chi connectivity index (χ1n) is 10.7. The molecule has 0 saturated carbocycles. The van der Waals surface area contributed by atoms with Gasteiger partial charge in [-0.05, 0) is 44.0 Å². The number of nitrogens with zero attached hydrogens (tertiary/aromatic N) is 3. The number of fused-ring (bicyclic) bond motifs is 1. The van der Waals surface area contributed by atoms with Gasteiger partial charge in [-0.15, -0.1) is 0 Å². The second-order valence-electron chi connectivity index (χ2n) is 8.54. The Bertz CT molecular complexity index is 1410. The van der Waals surface area contributed by atoms with E-state index in [0.29, 0.717) is 6.29 Å². The summed E-state index contributed by atoms with van der Waals surface area (Å²) in [6, 6.07) is 5.54. The van der Waals surface area contributed by atoms with E-state index in [9.17, 15) is 31.2 Å². The van der Waals surface area contributed by atoms with E-state index in [-0.39, 0.29) is 58.8 Å². The van der Waals surface area contributed by atoms with Crippen LogP contribution in [0.5, 0.6) is 17.4 Å². The maximum Gasteiger partial charge on any atom is 0.422 e. The third-order valence-corrected chi connectivity index (χ3v) is 7.29. The summed E-state index contributed by atoms with van der Waals surface area (Å²) in [5.41, 5.74) is -0.794. The summed E-state index contributed by atoms with van der Waals surface area (Å²) in [6.45, 7) is 0.196. The van der Waals surface area contributed by atoms with Crippen LogP contribution in [0.15, 0.2) is 36.7 Å². The zero-order valence-electron chi connectivity index (χ0n) is 18.9. The Morgan fingerprint density at radius 3 is 2.64 bits per heavy atom. The van der Waals surface area contributed by atoms with Gasteiger partial charge >= 0.3 is 6.18 Å². The molecule has 1 aliphatic rings. The third-order valence-electron chi connectivity index (χ3n) is 5.64. The lowest BCUT2D eigenvalue weighted by atomic mass is 9.94. The van der Waals surface area contributed by atoms with E-state index in [1.54, 1.807) is 6.92 Å². The molecular weight excluding hydrogens is 505 g/mol. The van der Waals surface area contributed by atoms with Crippen molar-refractivity contribution in [2.45, 2.75) is 31.5 Å². The maximum atomic E-state index is 13.0. The fourth-order valence-electron chi connectivity index (χ4n) is 3.66. The number of hydrogen-bond donors (Lipinski definition) is 1. The number of alkyl halides is 3. The predicted octanol–water partition coefficient (Wildman–Crippen LogP) is 2.97. The van der Waals surface area contributed by atoms with E-state index in [0.717, 1.165) is 0 Å². The van der Waals surface area contributed by atoms with Crippen molar-refractivity contribution in [1.82, 2.24) is 19.7 Å². The molecule has 0 aromatic carbocycles. The molecule has 192 valence electrons. The van der Waals surface area contributed by atoms with E-state index in [1.165, 1.54) is 41.1 Å². The first-order valence-corrected chi connectivity index (χ1v) is 12.5. The van der Waals surface area contributed by atoms with Crippen molar-refractivity contribution in [1.29, 1.82) is 0 Å². The zero-order valence-corrected chi connectivity index (χ0v) is 19.7. The molecule has 1 saturated heterocycles. The fraction of sp³-hybridized carbons (Fsp3) is 0.364. The normalized spacial score (nSPS) is 16.9. The standard InChI is InChI=1S/C22H21F3N4O6S/c1-21(6-9-36(32,33)10-7-21)28-19(31)18-15(12-30)29-11-14(4-5-17(29)27-18)35-20-16(3-2-8-26-20)34-13-22(23,24)25/h2-5,8,11-12H,6-7,9-10,13H2,1H3,(H,28,31). The Morgan fingerprint density at radius 2 is 1.97 bits per heavy atom. The second kappa shape index (κ2) is 9.41. The molecule has 14 heteroatoms. The molecule has 4 rings (SSSR count). The average Bonchev–Trinajstić information content (AvgIpc) is 3.18. The molecule has 0 unspecified atom stereocenters. The SMILES string of the molecule is CC1(NC(=O)c2nc3ccc(Oc4ncccc4OCC(F)(F)F)cn3c2C=O)CCS(=O)(=O)CC1. The van der Waals surface area contributed by atoms with Crippen molar-refractivity contribution >= 4 is 27.7 Å². The number of ether oxygens (including phenoxy) is 2. The predicted molar refractivity (Wildman–Crippen MR) is 120 cm³/mol.